The predicted octanol–water partition coefficient (Wildman–Crippen LogP) is 3.19. The zero-order valence-corrected chi connectivity index (χ0v) is 13.0. The molecule has 0 saturated carbocycles. The fourth-order valence-electron chi connectivity index (χ4n) is 1.19. The van der Waals surface area contributed by atoms with Gasteiger partial charge in [-0.25, -0.2) is 0 Å². The van der Waals surface area contributed by atoms with Gasteiger partial charge in [-0.1, -0.05) is 11.8 Å². The molecular formula is C12H8I2O2. The first-order valence-electron chi connectivity index (χ1n) is 4.26. The van der Waals surface area contributed by atoms with Crippen LogP contribution in [0.15, 0.2) is 12.1 Å². The molecule has 2 nitrogen and oxygen atoms in total. The predicted molar refractivity (Wildman–Crippen MR) is 81.3 cm³/mol. The normalized spacial score (nSPS) is 8.25. The van der Waals surface area contributed by atoms with Crippen molar-refractivity contribution >= 4 is 45.2 Å². The van der Waals surface area contributed by atoms with Crippen LogP contribution in [0, 0.1) is 19.7 Å². The molecule has 0 heterocycles. The summed E-state index contributed by atoms with van der Waals surface area (Å²) in [4.78, 5) is 0. The zero-order chi connectivity index (χ0) is 12.0. The van der Waals surface area contributed by atoms with E-state index in [1.54, 1.807) is 14.2 Å². The second kappa shape index (κ2) is 6.87. The second-order valence-corrected chi connectivity index (χ2v) is 3.77. The van der Waals surface area contributed by atoms with Crippen molar-refractivity contribution < 1.29 is 9.47 Å². The minimum Gasteiger partial charge on any atom is -0.493 e. The molecule has 1 rings (SSSR count). The molecule has 0 fully saturated rings. The van der Waals surface area contributed by atoms with Gasteiger partial charge in [-0.2, -0.15) is 0 Å². The van der Waals surface area contributed by atoms with Gasteiger partial charge in [0, 0.05) is 68.4 Å². The van der Waals surface area contributed by atoms with E-state index in [1.165, 1.54) is 0 Å². The van der Waals surface area contributed by atoms with Gasteiger partial charge in [-0.3, -0.25) is 0 Å². The van der Waals surface area contributed by atoms with E-state index in [0.717, 1.165) is 11.1 Å². The molecule has 0 aliphatic rings. The number of ether oxygens (including phenoxy) is 2. The number of benzene rings is 1. The summed E-state index contributed by atoms with van der Waals surface area (Å²) in [5.74, 6) is 7.29. The van der Waals surface area contributed by atoms with Crippen molar-refractivity contribution in [1.82, 2.24) is 0 Å². The van der Waals surface area contributed by atoms with Gasteiger partial charge in [0.25, 0.3) is 0 Å². The van der Waals surface area contributed by atoms with Gasteiger partial charge in [0.1, 0.15) is 0 Å². The Morgan fingerprint density at radius 3 is 1.50 bits per heavy atom. The minimum atomic E-state index is 0.663. The molecule has 0 bridgehead atoms. The molecule has 82 valence electrons. The Morgan fingerprint density at radius 1 is 0.875 bits per heavy atom. The van der Waals surface area contributed by atoms with Gasteiger partial charge in [-0.15, -0.1) is 0 Å². The molecule has 0 radical (unpaired) electrons. The van der Waals surface area contributed by atoms with Crippen molar-refractivity contribution in [2.24, 2.45) is 0 Å². The fourth-order valence-corrected chi connectivity index (χ4v) is 1.77. The minimum absolute atomic E-state index is 0.663. The van der Waals surface area contributed by atoms with Gasteiger partial charge in [0.2, 0.25) is 0 Å². The second-order valence-electron chi connectivity index (χ2n) is 2.69. The summed E-state index contributed by atoms with van der Waals surface area (Å²) in [6.45, 7) is 0. The fraction of sp³-hybridized carbons (Fsp3) is 0.167. The molecule has 4 heteroatoms. The van der Waals surface area contributed by atoms with Crippen molar-refractivity contribution in [3.63, 3.8) is 0 Å². The summed E-state index contributed by atoms with van der Waals surface area (Å²) >= 11 is 3.99. The van der Waals surface area contributed by atoms with Gasteiger partial charge < -0.3 is 9.47 Å². The maximum absolute atomic E-state index is 5.21. The third-order valence-corrected chi connectivity index (χ3v) is 2.43. The Bertz CT molecular complexity index is 454. The number of hydrogen-bond acceptors (Lipinski definition) is 2. The molecule has 0 saturated heterocycles. The molecule has 0 aromatic heterocycles. The van der Waals surface area contributed by atoms with E-state index in [2.05, 4.69) is 19.7 Å². The van der Waals surface area contributed by atoms with Crippen LogP contribution in [0.25, 0.3) is 0 Å². The average molecular weight is 438 g/mol. The monoisotopic (exact) mass is 438 g/mol. The van der Waals surface area contributed by atoms with Crippen LogP contribution in [-0.4, -0.2) is 14.2 Å². The lowest BCUT2D eigenvalue weighted by atomic mass is 10.1. The molecule has 0 spiro atoms. The summed E-state index contributed by atoms with van der Waals surface area (Å²) < 4.78 is 16.1. The Kier molecular flexibility index (Phi) is 5.78. The van der Waals surface area contributed by atoms with Crippen LogP contribution in [0.4, 0.5) is 0 Å². The average Bonchev–Trinajstić information content (AvgIpc) is 2.31. The number of halogens is 2. The lowest BCUT2D eigenvalue weighted by Gasteiger charge is -2.09. The van der Waals surface area contributed by atoms with E-state index in [-0.39, 0.29) is 0 Å². The highest BCUT2D eigenvalue weighted by atomic mass is 127. The Labute approximate surface area is 122 Å². The molecule has 1 aromatic carbocycles. The standard InChI is InChI=1S/C12H8I2O2/c1-15-11-7-9(3-5-13)10(4-6-14)8-12(11)16-2/h7-8H,1-2H3. The van der Waals surface area contributed by atoms with Crippen LogP contribution in [-0.2, 0) is 0 Å². The van der Waals surface area contributed by atoms with E-state index < -0.39 is 0 Å². The smallest absolute Gasteiger partial charge is 0.162 e. The summed E-state index contributed by atoms with van der Waals surface area (Å²) in [7, 11) is 3.20. The molecule has 0 unspecified atom stereocenters. The highest BCUT2D eigenvalue weighted by Crippen LogP contribution is 2.30. The lowest BCUT2D eigenvalue weighted by molar-refractivity contribution is 0.355. The Morgan fingerprint density at radius 2 is 1.25 bits per heavy atom. The van der Waals surface area contributed by atoms with Gasteiger partial charge in [0.15, 0.2) is 11.5 Å². The van der Waals surface area contributed by atoms with Crippen molar-refractivity contribution in [3.8, 4) is 31.2 Å². The molecular weight excluding hydrogens is 430 g/mol. The summed E-state index contributed by atoms with van der Waals surface area (Å²) in [5.41, 5.74) is 1.69. The molecule has 0 N–H and O–H groups in total. The van der Waals surface area contributed by atoms with Gasteiger partial charge in [-0.05, 0) is 7.85 Å². The quantitative estimate of drug-likeness (QED) is 0.522. The molecule has 0 aliphatic carbocycles. The topological polar surface area (TPSA) is 18.5 Å². The van der Waals surface area contributed by atoms with E-state index in [0.29, 0.717) is 11.5 Å². The summed E-state index contributed by atoms with van der Waals surface area (Å²) in [6, 6.07) is 3.67. The molecule has 1 aromatic rings. The largest absolute Gasteiger partial charge is 0.493 e. The first-order valence-corrected chi connectivity index (χ1v) is 6.41. The summed E-state index contributed by atoms with van der Waals surface area (Å²) in [5, 5.41) is 0. The van der Waals surface area contributed by atoms with Crippen molar-refractivity contribution in [2.45, 2.75) is 0 Å². The van der Waals surface area contributed by atoms with Gasteiger partial charge in [0.05, 0.1) is 14.2 Å². The highest BCUT2D eigenvalue weighted by Gasteiger charge is 2.08. The van der Waals surface area contributed by atoms with Crippen molar-refractivity contribution in [2.75, 3.05) is 14.2 Å². The number of rotatable bonds is 2. The van der Waals surface area contributed by atoms with Crippen LogP contribution in [0.2, 0.25) is 0 Å². The lowest BCUT2D eigenvalue weighted by Crippen LogP contribution is -1.94. The van der Waals surface area contributed by atoms with Crippen LogP contribution in [0.1, 0.15) is 11.1 Å². The number of methoxy groups -OCH3 is 2. The Balaban J connectivity index is 3.42. The van der Waals surface area contributed by atoms with E-state index in [1.807, 2.05) is 57.3 Å². The highest BCUT2D eigenvalue weighted by molar-refractivity contribution is 14.1. The maximum Gasteiger partial charge on any atom is 0.162 e. The van der Waals surface area contributed by atoms with E-state index in [9.17, 15) is 0 Å². The number of hydrogen-bond donors (Lipinski definition) is 0. The SMILES string of the molecule is COc1cc(C#CI)c(C#CI)cc1OC. The Hall–Kier alpha value is -0.600. The van der Waals surface area contributed by atoms with Crippen LogP contribution in [0.5, 0.6) is 11.5 Å². The molecule has 0 aliphatic heterocycles. The van der Waals surface area contributed by atoms with Crippen LogP contribution < -0.4 is 9.47 Å². The molecule has 0 atom stereocenters. The molecule has 16 heavy (non-hydrogen) atoms. The third kappa shape index (κ3) is 3.19. The van der Waals surface area contributed by atoms with Crippen molar-refractivity contribution in [1.29, 1.82) is 0 Å². The van der Waals surface area contributed by atoms with Crippen molar-refractivity contribution in [3.05, 3.63) is 23.3 Å². The first kappa shape index (κ1) is 13.5. The third-order valence-electron chi connectivity index (χ3n) is 1.89. The van der Waals surface area contributed by atoms with Crippen LogP contribution >= 0.6 is 45.2 Å². The summed E-state index contributed by atoms with van der Waals surface area (Å²) in [6.07, 6.45) is 0. The van der Waals surface area contributed by atoms with Crippen LogP contribution in [0.3, 0.4) is 0 Å². The van der Waals surface area contributed by atoms with E-state index >= 15 is 0 Å². The van der Waals surface area contributed by atoms with E-state index in [4.69, 9.17) is 9.47 Å². The zero-order valence-electron chi connectivity index (χ0n) is 8.73. The van der Waals surface area contributed by atoms with Gasteiger partial charge >= 0.3 is 0 Å². The first-order chi connectivity index (χ1) is 7.76. The maximum atomic E-state index is 5.21. The molecule has 0 amide bonds.